The highest BCUT2D eigenvalue weighted by Gasteiger charge is 2.21. The number of benzene rings is 1. The number of hydrogen-bond acceptors (Lipinski definition) is 2. The fourth-order valence-electron chi connectivity index (χ4n) is 1.56. The largest absolute Gasteiger partial charge is 0.309 e. The van der Waals surface area contributed by atoms with E-state index in [4.69, 9.17) is 0 Å². The van der Waals surface area contributed by atoms with Crippen LogP contribution in [0.4, 0.5) is 3.89 Å². The van der Waals surface area contributed by atoms with Crippen LogP contribution in [-0.4, -0.2) is 8.42 Å². The molecule has 0 aliphatic heterocycles. The van der Waals surface area contributed by atoms with Gasteiger partial charge in [-0.15, -0.1) is 3.89 Å². The van der Waals surface area contributed by atoms with Gasteiger partial charge in [-0.3, -0.25) is 0 Å². The Bertz CT molecular complexity index is 435. The molecule has 0 fully saturated rings. The first-order valence-corrected chi connectivity index (χ1v) is 6.77. The molecule has 0 saturated heterocycles. The Morgan fingerprint density at radius 1 is 1.12 bits per heavy atom. The summed E-state index contributed by atoms with van der Waals surface area (Å²) in [5, 5.41) is -1.08. The third kappa shape index (κ3) is 3.59. The first-order valence-electron chi connectivity index (χ1n) is 5.33. The van der Waals surface area contributed by atoms with Crippen molar-refractivity contribution in [2.45, 2.75) is 32.4 Å². The molecule has 0 spiro atoms. The maximum absolute atomic E-state index is 12.8. The third-order valence-corrected chi connectivity index (χ3v) is 3.63. The number of rotatable bonds is 4. The van der Waals surface area contributed by atoms with Gasteiger partial charge >= 0.3 is 10.2 Å². The zero-order valence-corrected chi connectivity index (χ0v) is 10.6. The van der Waals surface area contributed by atoms with E-state index < -0.39 is 15.5 Å². The van der Waals surface area contributed by atoms with Crippen molar-refractivity contribution < 1.29 is 12.3 Å². The molecule has 0 N–H and O–H groups in total. The molecule has 1 atom stereocenters. The minimum Gasteiger partial charge on any atom is -0.194 e. The molecule has 16 heavy (non-hydrogen) atoms. The molecule has 0 radical (unpaired) electrons. The quantitative estimate of drug-likeness (QED) is 0.762. The summed E-state index contributed by atoms with van der Waals surface area (Å²) in [6.45, 7) is 5.58. The topological polar surface area (TPSA) is 34.1 Å². The van der Waals surface area contributed by atoms with Crippen molar-refractivity contribution in [2.75, 3.05) is 0 Å². The second-order valence-corrected chi connectivity index (χ2v) is 6.12. The zero-order chi connectivity index (χ0) is 12.3. The molecule has 0 aromatic heterocycles. The van der Waals surface area contributed by atoms with Crippen molar-refractivity contribution >= 4 is 10.2 Å². The molecule has 0 aliphatic rings. The predicted molar refractivity (Wildman–Crippen MR) is 63.4 cm³/mol. The van der Waals surface area contributed by atoms with Crippen LogP contribution >= 0.6 is 0 Å². The minimum atomic E-state index is -4.49. The molecule has 0 bridgehead atoms. The number of halogens is 1. The van der Waals surface area contributed by atoms with Crippen molar-refractivity contribution in [3.63, 3.8) is 0 Å². The fraction of sp³-hybridized carbons (Fsp3) is 0.500. The molecule has 4 heteroatoms. The van der Waals surface area contributed by atoms with Crippen molar-refractivity contribution in [1.29, 1.82) is 0 Å². The SMILES string of the molecule is CC(C)Cc1ccc(C(C)S(=O)(=O)F)cc1. The van der Waals surface area contributed by atoms with E-state index in [0.717, 1.165) is 12.0 Å². The van der Waals surface area contributed by atoms with Crippen LogP contribution in [0.15, 0.2) is 24.3 Å². The Morgan fingerprint density at radius 3 is 2.00 bits per heavy atom. The Kier molecular flexibility index (Phi) is 4.08. The molecule has 1 unspecified atom stereocenters. The molecular formula is C12H17FO2S. The monoisotopic (exact) mass is 244 g/mol. The summed E-state index contributed by atoms with van der Waals surface area (Å²) in [6.07, 6.45) is 0.942. The lowest BCUT2D eigenvalue weighted by Gasteiger charge is -2.09. The zero-order valence-electron chi connectivity index (χ0n) is 9.77. The normalized spacial score (nSPS) is 14.1. The molecule has 1 aromatic rings. The summed E-state index contributed by atoms with van der Waals surface area (Å²) >= 11 is 0. The Morgan fingerprint density at radius 2 is 1.62 bits per heavy atom. The van der Waals surface area contributed by atoms with Crippen molar-refractivity contribution in [1.82, 2.24) is 0 Å². The summed E-state index contributed by atoms with van der Waals surface area (Å²) < 4.78 is 34.2. The Hall–Kier alpha value is -0.900. The van der Waals surface area contributed by atoms with E-state index in [9.17, 15) is 12.3 Å². The lowest BCUT2D eigenvalue weighted by molar-refractivity contribution is 0.540. The third-order valence-electron chi connectivity index (χ3n) is 2.52. The summed E-state index contributed by atoms with van der Waals surface area (Å²) in [4.78, 5) is 0. The molecule has 0 saturated carbocycles. The molecule has 1 aromatic carbocycles. The summed E-state index contributed by atoms with van der Waals surface area (Å²) in [6, 6.07) is 7.08. The summed E-state index contributed by atoms with van der Waals surface area (Å²) in [5.74, 6) is 0.549. The van der Waals surface area contributed by atoms with Crippen LogP contribution in [0, 0.1) is 5.92 Å². The summed E-state index contributed by atoms with van der Waals surface area (Å²) in [5.41, 5.74) is 1.64. The number of hydrogen-bond donors (Lipinski definition) is 0. The van der Waals surface area contributed by atoms with Gasteiger partial charge in [0.15, 0.2) is 0 Å². The van der Waals surface area contributed by atoms with Gasteiger partial charge in [-0.2, -0.15) is 8.42 Å². The van der Waals surface area contributed by atoms with Gasteiger partial charge in [0.25, 0.3) is 0 Å². The average Bonchev–Trinajstić information content (AvgIpc) is 2.15. The van der Waals surface area contributed by atoms with Gasteiger partial charge < -0.3 is 0 Å². The second-order valence-electron chi connectivity index (χ2n) is 4.46. The van der Waals surface area contributed by atoms with E-state index in [-0.39, 0.29) is 0 Å². The molecule has 0 amide bonds. The lowest BCUT2D eigenvalue weighted by atomic mass is 10.0. The highest BCUT2D eigenvalue weighted by molar-refractivity contribution is 7.86. The molecular weight excluding hydrogens is 227 g/mol. The van der Waals surface area contributed by atoms with Crippen molar-refractivity contribution in [3.8, 4) is 0 Å². The Labute approximate surface area is 96.7 Å². The molecule has 1 rings (SSSR count). The minimum absolute atomic E-state index is 0.495. The van der Waals surface area contributed by atoms with Gasteiger partial charge in [-0.25, -0.2) is 0 Å². The van der Waals surface area contributed by atoms with E-state index in [1.54, 1.807) is 12.1 Å². The van der Waals surface area contributed by atoms with Crippen LogP contribution in [0.2, 0.25) is 0 Å². The van der Waals surface area contributed by atoms with Gasteiger partial charge in [-0.05, 0) is 30.4 Å². The maximum Gasteiger partial charge on any atom is 0.309 e. The van der Waals surface area contributed by atoms with Gasteiger partial charge in [0.05, 0.1) is 0 Å². The van der Waals surface area contributed by atoms with Crippen LogP contribution in [0.25, 0.3) is 0 Å². The smallest absolute Gasteiger partial charge is 0.194 e. The van der Waals surface area contributed by atoms with Crippen LogP contribution in [0.1, 0.15) is 37.1 Å². The fourth-order valence-corrected chi connectivity index (χ4v) is 2.04. The van der Waals surface area contributed by atoms with Gasteiger partial charge in [0.2, 0.25) is 0 Å². The van der Waals surface area contributed by atoms with Crippen molar-refractivity contribution in [3.05, 3.63) is 35.4 Å². The van der Waals surface area contributed by atoms with Crippen LogP contribution in [0.3, 0.4) is 0 Å². The predicted octanol–water partition coefficient (Wildman–Crippen LogP) is 3.25. The molecule has 2 nitrogen and oxygen atoms in total. The van der Waals surface area contributed by atoms with Gasteiger partial charge in [0, 0.05) is 0 Å². The highest BCUT2D eigenvalue weighted by atomic mass is 32.3. The van der Waals surface area contributed by atoms with E-state index >= 15 is 0 Å². The average molecular weight is 244 g/mol. The standard InChI is InChI=1S/C12H17FO2S/c1-9(2)8-11-4-6-12(7-5-11)10(3)16(13,14)15/h4-7,9-10H,8H2,1-3H3. The van der Waals surface area contributed by atoms with E-state index in [1.165, 1.54) is 6.92 Å². The van der Waals surface area contributed by atoms with Gasteiger partial charge in [-0.1, -0.05) is 38.1 Å². The van der Waals surface area contributed by atoms with Crippen LogP contribution in [0.5, 0.6) is 0 Å². The van der Waals surface area contributed by atoms with E-state index in [0.29, 0.717) is 11.5 Å². The summed E-state index contributed by atoms with van der Waals surface area (Å²) in [7, 11) is -4.49. The lowest BCUT2D eigenvalue weighted by Crippen LogP contribution is -2.04. The molecule has 0 heterocycles. The first kappa shape index (κ1) is 13.2. The molecule has 90 valence electrons. The van der Waals surface area contributed by atoms with E-state index in [2.05, 4.69) is 13.8 Å². The second kappa shape index (κ2) is 4.95. The van der Waals surface area contributed by atoms with Crippen LogP contribution < -0.4 is 0 Å². The highest BCUT2D eigenvalue weighted by Crippen LogP contribution is 2.23. The first-order chi connectivity index (χ1) is 7.30. The van der Waals surface area contributed by atoms with E-state index in [1.807, 2.05) is 12.1 Å². The maximum atomic E-state index is 12.8. The van der Waals surface area contributed by atoms with Crippen LogP contribution in [-0.2, 0) is 16.6 Å². The van der Waals surface area contributed by atoms with Crippen molar-refractivity contribution in [2.24, 2.45) is 5.92 Å². The molecule has 0 aliphatic carbocycles. The van der Waals surface area contributed by atoms with Gasteiger partial charge in [0.1, 0.15) is 5.25 Å². The Balaban J connectivity index is 2.87.